The van der Waals surface area contributed by atoms with Gasteiger partial charge in [-0.15, -0.1) is 5.10 Å². The number of ether oxygens (including phenoxy) is 2. The number of rotatable bonds is 5. The lowest BCUT2D eigenvalue weighted by Crippen LogP contribution is -2.08. The molecule has 0 radical (unpaired) electrons. The van der Waals surface area contributed by atoms with Crippen LogP contribution in [-0.4, -0.2) is 33.9 Å². The summed E-state index contributed by atoms with van der Waals surface area (Å²) in [6.07, 6.45) is 4.19. The molecule has 1 heterocycles. The van der Waals surface area contributed by atoms with E-state index in [2.05, 4.69) is 10.1 Å². The molecule has 1 aromatic heterocycles. The zero-order valence-corrected chi connectivity index (χ0v) is 13.1. The maximum atomic E-state index is 11.5. The molecule has 0 amide bonds. The van der Waals surface area contributed by atoms with Gasteiger partial charge < -0.3 is 9.47 Å². The van der Waals surface area contributed by atoms with E-state index in [0.29, 0.717) is 11.6 Å². The standard InChI is InChI=1S/C16H19N3O3/c1-11(2)22-15(20)7-8-19-10-17-16(18-19)13-9-12(3)5-6-14(13)21-4/h5-11H,1-4H3. The van der Waals surface area contributed by atoms with Crippen LogP contribution in [-0.2, 0) is 9.53 Å². The zero-order valence-electron chi connectivity index (χ0n) is 13.1. The van der Waals surface area contributed by atoms with Crippen molar-refractivity contribution in [2.75, 3.05) is 7.11 Å². The molecule has 116 valence electrons. The van der Waals surface area contributed by atoms with Gasteiger partial charge in [0.1, 0.15) is 12.1 Å². The highest BCUT2D eigenvalue weighted by atomic mass is 16.5. The molecule has 0 fully saturated rings. The van der Waals surface area contributed by atoms with E-state index in [1.165, 1.54) is 23.3 Å². The molecule has 2 aromatic rings. The Bertz CT molecular complexity index is 690. The van der Waals surface area contributed by atoms with Gasteiger partial charge in [0.15, 0.2) is 5.82 Å². The average Bonchev–Trinajstić information content (AvgIpc) is 2.93. The Labute approximate surface area is 129 Å². The molecule has 0 bridgehead atoms. The molecule has 0 aliphatic heterocycles. The predicted octanol–water partition coefficient (Wildman–Crippen LogP) is 2.68. The summed E-state index contributed by atoms with van der Waals surface area (Å²) in [6, 6.07) is 5.79. The maximum Gasteiger partial charge on any atom is 0.332 e. The summed E-state index contributed by atoms with van der Waals surface area (Å²) in [6.45, 7) is 5.58. The van der Waals surface area contributed by atoms with Crippen LogP contribution >= 0.6 is 0 Å². The smallest absolute Gasteiger partial charge is 0.332 e. The first-order valence-electron chi connectivity index (χ1n) is 6.94. The lowest BCUT2D eigenvalue weighted by Gasteiger charge is -2.06. The molecule has 0 atom stereocenters. The molecule has 0 spiro atoms. The Morgan fingerprint density at radius 2 is 2.14 bits per heavy atom. The van der Waals surface area contributed by atoms with Crippen molar-refractivity contribution in [3.05, 3.63) is 36.2 Å². The Morgan fingerprint density at radius 3 is 2.82 bits per heavy atom. The third kappa shape index (κ3) is 3.94. The van der Waals surface area contributed by atoms with E-state index < -0.39 is 5.97 Å². The van der Waals surface area contributed by atoms with Gasteiger partial charge in [0, 0.05) is 12.3 Å². The van der Waals surface area contributed by atoms with Crippen LogP contribution in [0, 0.1) is 6.92 Å². The Balaban J connectivity index is 2.20. The van der Waals surface area contributed by atoms with Crippen LogP contribution in [0.3, 0.4) is 0 Å². The Morgan fingerprint density at radius 1 is 1.36 bits per heavy atom. The number of aromatic nitrogens is 3. The van der Waals surface area contributed by atoms with Crippen molar-refractivity contribution in [1.29, 1.82) is 0 Å². The molecule has 6 heteroatoms. The Kier molecular flexibility index (Phi) is 4.93. The fraction of sp³-hybridized carbons (Fsp3) is 0.312. The van der Waals surface area contributed by atoms with Crippen LogP contribution < -0.4 is 4.74 Å². The zero-order chi connectivity index (χ0) is 16.1. The van der Waals surface area contributed by atoms with Crippen LogP contribution in [0.4, 0.5) is 0 Å². The number of aryl methyl sites for hydroxylation is 1. The molecular weight excluding hydrogens is 282 g/mol. The van der Waals surface area contributed by atoms with Gasteiger partial charge in [-0.25, -0.2) is 14.5 Å². The van der Waals surface area contributed by atoms with Gasteiger partial charge >= 0.3 is 5.97 Å². The minimum Gasteiger partial charge on any atom is -0.496 e. The van der Waals surface area contributed by atoms with Gasteiger partial charge in [-0.05, 0) is 32.9 Å². The summed E-state index contributed by atoms with van der Waals surface area (Å²) in [5.74, 6) is 0.814. The number of carbonyl (C=O) groups is 1. The molecule has 0 aliphatic carbocycles. The van der Waals surface area contributed by atoms with Gasteiger partial charge in [0.05, 0.1) is 18.8 Å². The van der Waals surface area contributed by atoms with Gasteiger partial charge in [0.25, 0.3) is 0 Å². The lowest BCUT2D eigenvalue weighted by atomic mass is 10.1. The highest BCUT2D eigenvalue weighted by Crippen LogP contribution is 2.28. The quantitative estimate of drug-likeness (QED) is 0.627. The molecular formula is C16H19N3O3. The van der Waals surface area contributed by atoms with Crippen LogP contribution in [0.2, 0.25) is 0 Å². The highest BCUT2D eigenvalue weighted by molar-refractivity contribution is 5.85. The van der Waals surface area contributed by atoms with Gasteiger partial charge in [0.2, 0.25) is 0 Å². The van der Waals surface area contributed by atoms with E-state index in [9.17, 15) is 4.79 Å². The summed E-state index contributed by atoms with van der Waals surface area (Å²) in [5, 5.41) is 4.31. The molecule has 1 aromatic carbocycles. The topological polar surface area (TPSA) is 66.2 Å². The summed E-state index contributed by atoms with van der Waals surface area (Å²) >= 11 is 0. The lowest BCUT2D eigenvalue weighted by molar-refractivity contribution is -0.141. The molecule has 22 heavy (non-hydrogen) atoms. The second-order valence-electron chi connectivity index (χ2n) is 5.05. The van der Waals surface area contributed by atoms with Crippen LogP contribution in [0.25, 0.3) is 17.6 Å². The van der Waals surface area contributed by atoms with E-state index in [0.717, 1.165) is 11.1 Å². The predicted molar refractivity (Wildman–Crippen MR) is 83.3 cm³/mol. The SMILES string of the molecule is COc1ccc(C)cc1-c1ncn(C=CC(=O)OC(C)C)n1. The molecule has 0 saturated heterocycles. The maximum absolute atomic E-state index is 11.5. The van der Waals surface area contributed by atoms with Gasteiger partial charge in [-0.3, -0.25) is 0 Å². The Hall–Kier alpha value is -2.63. The van der Waals surface area contributed by atoms with Gasteiger partial charge in [-0.1, -0.05) is 11.6 Å². The summed E-state index contributed by atoms with van der Waals surface area (Å²) in [7, 11) is 1.60. The largest absolute Gasteiger partial charge is 0.496 e. The fourth-order valence-corrected chi connectivity index (χ4v) is 1.88. The van der Waals surface area contributed by atoms with Crippen molar-refractivity contribution in [2.45, 2.75) is 26.9 Å². The van der Waals surface area contributed by atoms with E-state index in [4.69, 9.17) is 9.47 Å². The van der Waals surface area contributed by atoms with Crippen molar-refractivity contribution in [3.8, 4) is 17.1 Å². The number of carbonyl (C=O) groups excluding carboxylic acids is 1. The number of benzene rings is 1. The van der Waals surface area contributed by atoms with Crippen LogP contribution in [0.1, 0.15) is 19.4 Å². The number of hydrogen-bond donors (Lipinski definition) is 0. The normalized spacial score (nSPS) is 11.1. The summed E-state index contributed by atoms with van der Waals surface area (Å²) < 4.78 is 11.8. The monoisotopic (exact) mass is 301 g/mol. The minimum atomic E-state index is -0.416. The van der Waals surface area contributed by atoms with Crippen LogP contribution in [0.15, 0.2) is 30.6 Å². The fourth-order valence-electron chi connectivity index (χ4n) is 1.88. The number of esters is 1. The van der Waals surface area contributed by atoms with E-state index in [1.807, 2.05) is 25.1 Å². The molecule has 0 N–H and O–H groups in total. The van der Waals surface area contributed by atoms with Crippen molar-refractivity contribution in [1.82, 2.24) is 14.8 Å². The molecule has 0 unspecified atom stereocenters. The van der Waals surface area contributed by atoms with E-state index >= 15 is 0 Å². The first-order valence-corrected chi connectivity index (χ1v) is 6.94. The molecule has 2 rings (SSSR count). The summed E-state index contributed by atoms with van der Waals surface area (Å²) in [5.41, 5.74) is 1.89. The molecule has 0 saturated carbocycles. The van der Waals surface area contributed by atoms with E-state index in [1.54, 1.807) is 21.0 Å². The molecule has 6 nitrogen and oxygen atoms in total. The third-order valence-electron chi connectivity index (χ3n) is 2.82. The first-order chi connectivity index (χ1) is 10.5. The van der Waals surface area contributed by atoms with Crippen LogP contribution in [0.5, 0.6) is 5.75 Å². The third-order valence-corrected chi connectivity index (χ3v) is 2.82. The van der Waals surface area contributed by atoms with Crippen molar-refractivity contribution >= 4 is 12.2 Å². The second kappa shape index (κ2) is 6.89. The minimum absolute atomic E-state index is 0.153. The van der Waals surface area contributed by atoms with Gasteiger partial charge in [-0.2, -0.15) is 0 Å². The first kappa shape index (κ1) is 15.8. The summed E-state index contributed by atoms with van der Waals surface area (Å²) in [4.78, 5) is 15.7. The van der Waals surface area contributed by atoms with Crippen molar-refractivity contribution in [2.24, 2.45) is 0 Å². The van der Waals surface area contributed by atoms with Crippen molar-refractivity contribution in [3.63, 3.8) is 0 Å². The van der Waals surface area contributed by atoms with Crippen molar-refractivity contribution < 1.29 is 14.3 Å². The number of hydrogen-bond acceptors (Lipinski definition) is 5. The number of nitrogens with zero attached hydrogens (tertiary/aromatic N) is 3. The highest BCUT2D eigenvalue weighted by Gasteiger charge is 2.10. The average molecular weight is 301 g/mol. The van der Waals surface area contributed by atoms with E-state index in [-0.39, 0.29) is 6.10 Å². The second-order valence-corrected chi connectivity index (χ2v) is 5.05. The number of methoxy groups -OCH3 is 1. The molecule has 0 aliphatic rings.